The van der Waals surface area contributed by atoms with E-state index in [1.165, 1.54) is 0 Å². The molecular weight excluding hydrogens is 278 g/mol. The molecule has 1 saturated carbocycles. The highest BCUT2D eigenvalue weighted by atomic mass is 32.2. The molecule has 4 N–H and O–H groups in total. The smallest absolute Gasteiger partial charge is 0.253 e. The van der Waals surface area contributed by atoms with Gasteiger partial charge in [0.1, 0.15) is 0 Å². The van der Waals surface area contributed by atoms with Crippen molar-refractivity contribution in [3.05, 3.63) is 29.8 Å². The highest BCUT2D eigenvalue weighted by molar-refractivity contribution is 7.92. The van der Waals surface area contributed by atoms with Gasteiger partial charge in [0.05, 0.1) is 17.5 Å². The summed E-state index contributed by atoms with van der Waals surface area (Å²) in [5.74, 6) is 0.137. The Hall–Kier alpha value is -1.60. The standard InChI is InChI=1S/C13H19N3O3S/c1-20(18,19)16-11-5-3-2-4-10(11)13(17)15-12(8-14)9-6-7-9/h2-5,9,12,16H,6-8,14H2,1H3,(H,15,17). The van der Waals surface area contributed by atoms with Gasteiger partial charge in [0.15, 0.2) is 0 Å². The molecule has 0 radical (unpaired) electrons. The van der Waals surface area contributed by atoms with Crippen molar-refractivity contribution in [2.45, 2.75) is 18.9 Å². The zero-order valence-electron chi connectivity index (χ0n) is 11.3. The monoisotopic (exact) mass is 297 g/mol. The van der Waals surface area contributed by atoms with Crippen LogP contribution in [0.2, 0.25) is 0 Å². The molecule has 0 bridgehead atoms. The molecule has 7 heteroatoms. The molecule has 0 aromatic heterocycles. The molecule has 1 unspecified atom stereocenters. The van der Waals surface area contributed by atoms with Gasteiger partial charge < -0.3 is 11.1 Å². The predicted molar refractivity (Wildman–Crippen MR) is 77.9 cm³/mol. The Balaban J connectivity index is 2.16. The van der Waals surface area contributed by atoms with Crippen LogP contribution in [-0.4, -0.2) is 33.2 Å². The zero-order valence-corrected chi connectivity index (χ0v) is 12.1. The number of para-hydroxylation sites is 1. The van der Waals surface area contributed by atoms with Gasteiger partial charge in [-0.1, -0.05) is 12.1 Å². The summed E-state index contributed by atoms with van der Waals surface area (Å²) in [4.78, 5) is 12.3. The molecule has 110 valence electrons. The lowest BCUT2D eigenvalue weighted by molar-refractivity contribution is 0.0934. The van der Waals surface area contributed by atoms with Gasteiger partial charge in [-0.15, -0.1) is 0 Å². The molecule has 0 aliphatic heterocycles. The first-order valence-corrected chi connectivity index (χ1v) is 8.37. The van der Waals surface area contributed by atoms with E-state index in [4.69, 9.17) is 5.73 Å². The van der Waals surface area contributed by atoms with Crippen LogP contribution in [0.1, 0.15) is 23.2 Å². The predicted octanol–water partition coefficient (Wildman–Crippen LogP) is 0.525. The maximum absolute atomic E-state index is 12.3. The molecule has 1 amide bonds. The molecule has 1 aromatic carbocycles. The Morgan fingerprint density at radius 1 is 1.40 bits per heavy atom. The topological polar surface area (TPSA) is 101 Å². The number of hydrogen-bond donors (Lipinski definition) is 3. The molecule has 20 heavy (non-hydrogen) atoms. The van der Waals surface area contributed by atoms with Crippen LogP contribution in [-0.2, 0) is 10.0 Å². The van der Waals surface area contributed by atoms with Crippen LogP contribution in [0.25, 0.3) is 0 Å². The van der Waals surface area contributed by atoms with Gasteiger partial charge in [0.2, 0.25) is 10.0 Å². The number of nitrogens with two attached hydrogens (primary N) is 1. The lowest BCUT2D eigenvalue weighted by atomic mass is 10.1. The van der Waals surface area contributed by atoms with Crippen LogP contribution in [0.3, 0.4) is 0 Å². The molecule has 6 nitrogen and oxygen atoms in total. The zero-order chi connectivity index (χ0) is 14.8. The number of nitrogens with one attached hydrogen (secondary N) is 2. The van der Waals surface area contributed by atoms with E-state index in [0.29, 0.717) is 18.0 Å². The number of amides is 1. The van der Waals surface area contributed by atoms with Gasteiger partial charge in [-0.3, -0.25) is 9.52 Å². The number of sulfonamides is 1. The third-order valence-corrected chi connectivity index (χ3v) is 3.82. The maximum atomic E-state index is 12.3. The van der Waals surface area contributed by atoms with E-state index in [1.54, 1.807) is 24.3 Å². The Labute approximate surface area is 118 Å². The third kappa shape index (κ3) is 3.94. The molecular formula is C13H19N3O3S. The Kier molecular flexibility index (Phi) is 4.29. The summed E-state index contributed by atoms with van der Waals surface area (Å²) < 4.78 is 25.0. The fraction of sp³-hybridized carbons (Fsp3) is 0.462. The van der Waals surface area contributed by atoms with E-state index >= 15 is 0 Å². The number of benzene rings is 1. The molecule has 0 saturated heterocycles. The van der Waals surface area contributed by atoms with Crippen molar-refractivity contribution in [1.82, 2.24) is 5.32 Å². The second-order valence-electron chi connectivity index (χ2n) is 5.07. The summed E-state index contributed by atoms with van der Waals surface area (Å²) in [6.07, 6.45) is 3.20. The first kappa shape index (κ1) is 14.8. The van der Waals surface area contributed by atoms with Crippen molar-refractivity contribution in [3.8, 4) is 0 Å². The number of rotatable bonds is 6. The van der Waals surface area contributed by atoms with E-state index < -0.39 is 10.0 Å². The Morgan fingerprint density at radius 2 is 2.05 bits per heavy atom. The van der Waals surface area contributed by atoms with Crippen LogP contribution < -0.4 is 15.8 Å². The Bertz CT molecular complexity index is 597. The molecule has 1 atom stereocenters. The van der Waals surface area contributed by atoms with Crippen molar-refractivity contribution in [1.29, 1.82) is 0 Å². The highest BCUT2D eigenvalue weighted by Gasteiger charge is 2.31. The normalized spacial score (nSPS) is 16.5. The van der Waals surface area contributed by atoms with Gasteiger partial charge >= 0.3 is 0 Å². The van der Waals surface area contributed by atoms with Crippen molar-refractivity contribution in [3.63, 3.8) is 0 Å². The molecule has 0 spiro atoms. The van der Waals surface area contributed by atoms with Gasteiger partial charge in [-0.2, -0.15) is 0 Å². The molecule has 1 aliphatic carbocycles. The molecule has 1 aliphatic rings. The minimum absolute atomic E-state index is 0.0474. The van der Waals surface area contributed by atoms with E-state index in [2.05, 4.69) is 10.0 Å². The van der Waals surface area contributed by atoms with Gasteiger partial charge in [0.25, 0.3) is 5.91 Å². The first-order valence-electron chi connectivity index (χ1n) is 6.48. The second-order valence-corrected chi connectivity index (χ2v) is 6.82. The summed E-state index contributed by atoms with van der Waals surface area (Å²) in [5.41, 5.74) is 6.23. The molecule has 2 rings (SSSR count). The summed E-state index contributed by atoms with van der Waals surface area (Å²) >= 11 is 0. The summed E-state index contributed by atoms with van der Waals surface area (Å²) in [7, 11) is -3.43. The quantitative estimate of drug-likeness (QED) is 0.712. The van der Waals surface area contributed by atoms with Crippen LogP contribution >= 0.6 is 0 Å². The minimum Gasteiger partial charge on any atom is -0.348 e. The second kappa shape index (κ2) is 5.80. The van der Waals surface area contributed by atoms with Crippen molar-refractivity contribution < 1.29 is 13.2 Å². The fourth-order valence-corrected chi connectivity index (χ4v) is 2.66. The van der Waals surface area contributed by atoms with E-state index in [0.717, 1.165) is 19.1 Å². The van der Waals surface area contributed by atoms with Crippen LogP contribution in [0, 0.1) is 5.92 Å². The van der Waals surface area contributed by atoms with Crippen LogP contribution in [0.5, 0.6) is 0 Å². The fourth-order valence-electron chi connectivity index (χ4n) is 2.08. The average molecular weight is 297 g/mol. The largest absolute Gasteiger partial charge is 0.348 e. The number of carbonyl (C=O) groups is 1. The molecule has 1 fully saturated rings. The van der Waals surface area contributed by atoms with Gasteiger partial charge in [0, 0.05) is 12.6 Å². The van der Waals surface area contributed by atoms with E-state index in [-0.39, 0.29) is 17.6 Å². The van der Waals surface area contributed by atoms with Gasteiger partial charge in [-0.05, 0) is 30.9 Å². The lowest BCUT2D eigenvalue weighted by Crippen LogP contribution is -2.42. The Morgan fingerprint density at radius 3 is 2.60 bits per heavy atom. The first-order chi connectivity index (χ1) is 9.40. The molecule has 1 aromatic rings. The van der Waals surface area contributed by atoms with Crippen LogP contribution in [0.4, 0.5) is 5.69 Å². The van der Waals surface area contributed by atoms with Crippen molar-refractivity contribution in [2.75, 3.05) is 17.5 Å². The number of anilines is 1. The lowest BCUT2D eigenvalue weighted by Gasteiger charge is -2.17. The summed E-state index contributed by atoms with van der Waals surface area (Å²) in [5, 5.41) is 2.87. The highest BCUT2D eigenvalue weighted by Crippen LogP contribution is 2.32. The third-order valence-electron chi connectivity index (χ3n) is 3.23. The SMILES string of the molecule is CS(=O)(=O)Nc1ccccc1C(=O)NC(CN)C1CC1. The van der Waals surface area contributed by atoms with E-state index in [1.807, 2.05) is 0 Å². The van der Waals surface area contributed by atoms with Crippen molar-refractivity contribution in [2.24, 2.45) is 11.7 Å². The minimum atomic E-state index is -3.43. The average Bonchev–Trinajstić information content (AvgIpc) is 3.18. The number of hydrogen-bond acceptors (Lipinski definition) is 4. The summed E-state index contributed by atoms with van der Waals surface area (Å²) in [6.45, 7) is 0.387. The number of carbonyl (C=O) groups excluding carboxylic acids is 1. The van der Waals surface area contributed by atoms with E-state index in [9.17, 15) is 13.2 Å². The van der Waals surface area contributed by atoms with Crippen LogP contribution in [0.15, 0.2) is 24.3 Å². The maximum Gasteiger partial charge on any atom is 0.253 e. The summed E-state index contributed by atoms with van der Waals surface area (Å²) in [6, 6.07) is 6.46. The van der Waals surface area contributed by atoms with Gasteiger partial charge in [-0.25, -0.2) is 8.42 Å². The molecule has 0 heterocycles. The van der Waals surface area contributed by atoms with Crippen molar-refractivity contribution >= 4 is 21.6 Å².